The average molecular weight is 377 g/mol. The van der Waals surface area contributed by atoms with Crippen molar-refractivity contribution in [3.8, 4) is 10.8 Å². The quantitative estimate of drug-likeness (QED) is 0.581. The Labute approximate surface area is 152 Å². The van der Waals surface area contributed by atoms with Gasteiger partial charge in [-0.25, -0.2) is 4.39 Å². The number of amides is 1. The molecular weight excluding hydrogens is 361 g/mol. The molecule has 5 nitrogen and oxygen atoms in total. The van der Waals surface area contributed by atoms with Gasteiger partial charge in [0.25, 0.3) is 11.1 Å². The number of halogens is 1. The van der Waals surface area contributed by atoms with Crippen molar-refractivity contribution >= 4 is 29.0 Å². The zero-order chi connectivity index (χ0) is 17.6. The monoisotopic (exact) mass is 377 g/mol. The number of carbonyl (C=O) groups is 1. The van der Waals surface area contributed by atoms with E-state index in [0.29, 0.717) is 24.2 Å². The first-order valence-corrected chi connectivity index (χ1v) is 9.54. The van der Waals surface area contributed by atoms with Crippen molar-refractivity contribution in [2.45, 2.75) is 18.7 Å². The van der Waals surface area contributed by atoms with Crippen molar-refractivity contribution in [3.05, 3.63) is 53.2 Å². The molecule has 2 aromatic heterocycles. The molecule has 0 bridgehead atoms. The van der Waals surface area contributed by atoms with Gasteiger partial charge >= 0.3 is 0 Å². The number of rotatable bonds is 7. The molecule has 3 aromatic rings. The summed E-state index contributed by atoms with van der Waals surface area (Å²) in [6.07, 6.45) is 0. The molecule has 0 atom stereocenters. The standard InChI is InChI=1S/C17H16FN3O2S2/c1-2-21(10-12-5-3-6-13(18)9-12)15(22)11-25-17-20-19-16(23-17)14-7-4-8-24-14/h3-9H,2,10-11H2,1H3. The first-order valence-electron chi connectivity index (χ1n) is 7.68. The SMILES string of the molecule is CCN(Cc1cccc(F)c1)C(=O)CSc1nnc(-c2cccs2)o1. The lowest BCUT2D eigenvalue weighted by Crippen LogP contribution is -2.31. The molecule has 0 aliphatic heterocycles. The predicted molar refractivity (Wildman–Crippen MR) is 95.8 cm³/mol. The Hall–Kier alpha value is -2.19. The second-order valence-corrected chi connectivity index (χ2v) is 7.05. The number of carbonyl (C=O) groups excluding carboxylic acids is 1. The van der Waals surface area contributed by atoms with Crippen LogP contribution in [0.3, 0.4) is 0 Å². The molecule has 0 saturated carbocycles. The zero-order valence-electron chi connectivity index (χ0n) is 13.5. The van der Waals surface area contributed by atoms with Gasteiger partial charge in [-0.1, -0.05) is 30.0 Å². The molecule has 0 fully saturated rings. The molecule has 2 heterocycles. The van der Waals surface area contributed by atoms with Gasteiger partial charge < -0.3 is 9.32 Å². The minimum Gasteiger partial charge on any atom is -0.410 e. The molecule has 8 heteroatoms. The van der Waals surface area contributed by atoms with Gasteiger partial charge in [-0.05, 0) is 36.1 Å². The molecule has 0 radical (unpaired) electrons. The summed E-state index contributed by atoms with van der Waals surface area (Å²) in [6, 6.07) is 10.1. The average Bonchev–Trinajstić information content (AvgIpc) is 3.28. The Morgan fingerprint density at radius 2 is 2.20 bits per heavy atom. The molecule has 0 N–H and O–H groups in total. The van der Waals surface area contributed by atoms with E-state index in [1.165, 1.54) is 35.2 Å². The Kier molecular flexibility index (Phi) is 5.83. The highest BCUT2D eigenvalue weighted by atomic mass is 32.2. The lowest BCUT2D eigenvalue weighted by atomic mass is 10.2. The molecule has 0 aliphatic carbocycles. The predicted octanol–water partition coefficient (Wildman–Crippen LogP) is 4.08. The third kappa shape index (κ3) is 4.67. The number of aromatic nitrogens is 2. The molecule has 0 spiro atoms. The summed E-state index contributed by atoms with van der Waals surface area (Å²) in [7, 11) is 0. The third-order valence-electron chi connectivity index (χ3n) is 3.45. The minimum absolute atomic E-state index is 0.0624. The molecule has 1 aromatic carbocycles. The Balaban J connectivity index is 1.57. The Morgan fingerprint density at radius 3 is 2.92 bits per heavy atom. The van der Waals surface area contributed by atoms with Crippen LogP contribution in [0, 0.1) is 5.82 Å². The minimum atomic E-state index is -0.303. The molecule has 0 saturated heterocycles. The third-order valence-corrected chi connectivity index (χ3v) is 5.12. The molecule has 0 unspecified atom stereocenters. The maximum atomic E-state index is 13.3. The number of hydrogen-bond donors (Lipinski definition) is 0. The fraction of sp³-hybridized carbons (Fsp3) is 0.235. The second kappa shape index (κ2) is 8.26. The number of hydrogen-bond acceptors (Lipinski definition) is 6. The lowest BCUT2D eigenvalue weighted by Gasteiger charge is -2.20. The van der Waals surface area contributed by atoms with Crippen LogP contribution < -0.4 is 0 Å². The summed E-state index contributed by atoms with van der Waals surface area (Å²) >= 11 is 2.72. The maximum absolute atomic E-state index is 13.3. The number of thioether (sulfide) groups is 1. The van der Waals surface area contributed by atoms with E-state index in [1.807, 2.05) is 24.4 Å². The van der Waals surface area contributed by atoms with Gasteiger partial charge in [0.2, 0.25) is 5.91 Å². The molecular formula is C17H16FN3O2S2. The van der Waals surface area contributed by atoms with E-state index in [9.17, 15) is 9.18 Å². The topological polar surface area (TPSA) is 59.2 Å². The van der Waals surface area contributed by atoms with Gasteiger partial charge in [0.1, 0.15) is 5.82 Å². The van der Waals surface area contributed by atoms with Crippen molar-refractivity contribution in [1.82, 2.24) is 15.1 Å². The summed E-state index contributed by atoms with van der Waals surface area (Å²) < 4.78 is 18.8. The molecule has 1 amide bonds. The van der Waals surface area contributed by atoms with Gasteiger partial charge in [0.15, 0.2) is 0 Å². The van der Waals surface area contributed by atoms with E-state index in [2.05, 4.69) is 10.2 Å². The van der Waals surface area contributed by atoms with Gasteiger partial charge in [0.05, 0.1) is 10.6 Å². The van der Waals surface area contributed by atoms with Gasteiger partial charge in [0, 0.05) is 13.1 Å². The molecule has 0 aliphatic rings. The van der Waals surface area contributed by atoms with Gasteiger partial charge in [-0.3, -0.25) is 4.79 Å². The van der Waals surface area contributed by atoms with Gasteiger partial charge in [-0.15, -0.1) is 21.5 Å². The summed E-state index contributed by atoms with van der Waals surface area (Å²) in [5, 5.41) is 10.2. The van der Waals surface area contributed by atoms with Crippen LogP contribution >= 0.6 is 23.1 Å². The van der Waals surface area contributed by atoms with Gasteiger partial charge in [-0.2, -0.15) is 0 Å². The Bertz CT molecular complexity index is 836. The lowest BCUT2D eigenvalue weighted by molar-refractivity contribution is -0.128. The van der Waals surface area contributed by atoms with E-state index in [4.69, 9.17) is 4.42 Å². The van der Waals surface area contributed by atoms with Crippen LogP contribution in [-0.4, -0.2) is 33.3 Å². The van der Waals surface area contributed by atoms with Crippen molar-refractivity contribution in [3.63, 3.8) is 0 Å². The number of nitrogens with zero attached hydrogens (tertiary/aromatic N) is 3. The van der Waals surface area contributed by atoms with Crippen LogP contribution in [0.15, 0.2) is 51.4 Å². The van der Waals surface area contributed by atoms with Crippen molar-refractivity contribution in [1.29, 1.82) is 0 Å². The molecule has 25 heavy (non-hydrogen) atoms. The van der Waals surface area contributed by atoms with Crippen LogP contribution in [0.4, 0.5) is 4.39 Å². The van der Waals surface area contributed by atoms with Crippen molar-refractivity contribution < 1.29 is 13.6 Å². The van der Waals surface area contributed by atoms with E-state index in [-0.39, 0.29) is 17.5 Å². The fourth-order valence-corrected chi connectivity index (χ4v) is 3.52. The largest absolute Gasteiger partial charge is 0.410 e. The molecule has 3 rings (SSSR count). The normalized spacial score (nSPS) is 10.8. The Morgan fingerprint density at radius 1 is 1.32 bits per heavy atom. The first kappa shape index (κ1) is 17.6. The summed E-state index contributed by atoms with van der Waals surface area (Å²) in [5.74, 6) is 0.280. The number of benzene rings is 1. The number of thiophene rings is 1. The summed E-state index contributed by atoms with van der Waals surface area (Å²) in [6.45, 7) is 2.81. The summed E-state index contributed by atoms with van der Waals surface area (Å²) in [4.78, 5) is 15.0. The van der Waals surface area contributed by atoms with Crippen LogP contribution in [0.25, 0.3) is 10.8 Å². The van der Waals surface area contributed by atoms with E-state index in [0.717, 1.165) is 10.4 Å². The smallest absolute Gasteiger partial charge is 0.277 e. The van der Waals surface area contributed by atoms with E-state index < -0.39 is 0 Å². The van der Waals surface area contributed by atoms with E-state index >= 15 is 0 Å². The van der Waals surface area contributed by atoms with Crippen LogP contribution in [0.2, 0.25) is 0 Å². The van der Waals surface area contributed by atoms with Crippen molar-refractivity contribution in [2.24, 2.45) is 0 Å². The highest BCUT2D eigenvalue weighted by molar-refractivity contribution is 7.99. The highest BCUT2D eigenvalue weighted by Crippen LogP contribution is 2.26. The van der Waals surface area contributed by atoms with Crippen LogP contribution in [0.1, 0.15) is 12.5 Å². The second-order valence-electron chi connectivity index (χ2n) is 5.18. The maximum Gasteiger partial charge on any atom is 0.277 e. The highest BCUT2D eigenvalue weighted by Gasteiger charge is 2.16. The fourth-order valence-electron chi connectivity index (χ4n) is 2.21. The zero-order valence-corrected chi connectivity index (χ0v) is 15.1. The summed E-state index contributed by atoms with van der Waals surface area (Å²) in [5.41, 5.74) is 0.762. The van der Waals surface area contributed by atoms with Crippen LogP contribution in [-0.2, 0) is 11.3 Å². The van der Waals surface area contributed by atoms with Crippen LogP contribution in [0.5, 0.6) is 0 Å². The van der Waals surface area contributed by atoms with E-state index in [1.54, 1.807) is 17.0 Å². The first-order chi connectivity index (χ1) is 12.2. The van der Waals surface area contributed by atoms with Crippen molar-refractivity contribution in [2.75, 3.05) is 12.3 Å². The molecule has 130 valence electrons.